The zero-order chi connectivity index (χ0) is 24.7. The zero-order valence-corrected chi connectivity index (χ0v) is 20.2. The Kier molecular flexibility index (Phi) is 5.07. The summed E-state index contributed by atoms with van der Waals surface area (Å²) in [6.07, 6.45) is -5.26. The summed E-state index contributed by atoms with van der Waals surface area (Å²) in [7, 11) is -3.55. The summed E-state index contributed by atoms with van der Waals surface area (Å²) in [4.78, 5) is 15.7. The Hall–Kier alpha value is -2.51. The van der Waals surface area contributed by atoms with Gasteiger partial charge in [0.2, 0.25) is 20.1 Å². The van der Waals surface area contributed by atoms with Crippen LogP contribution in [0.2, 0.25) is 0 Å². The maximum absolute atomic E-state index is 13.5. The molecule has 3 fully saturated rings. The van der Waals surface area contributed by atoms with Crippen LogP contribution < -0.4 is 9.80 Å². The molecule has 2 aliphatic heterocycles. The average molecular weight is 526 g/mol. The van der Waals surface area contributed by atoms with Gasteiger partial charge in [-0.25, -0.2) is 18.4 Å². The molecular weight excluding hydrogens is 503 g/mol. The molecular formula is C22H22F3N5O3S2. The van der Waals surface area contributed by atoms with Gasteiger partial charge in [-0.1, -0.05) is 12.1 Å². The van der Waals surface area contributed by atoms with Crippen LogP contribution in [0, 0.1) is 17.8 Å². The monoisotopic (exact) mass is 525 g/mol. The van der Waals surface area contributed by atoms with Crippen LogP contribution in [0.1, 0.15) is 12.6 Å². The molecule has 4 heterocycles. The van der Waals surface area contributed by atoms with Crippen molar-refractivity contribution in [1.29, 1.82) is 0 Å². The minimum absolute atomic E-state index is 0.0119. The fourth-order valence-corrected chi connectivity index (χ4v) is 8.16. The number of para-hydroxylation sites is 1. The molecule has 6 rings (SSSR count). The molecule has 1 unspecified atom stereocenters. The van der Waals surface area contributed by atoms with Crippen LogP contribution in [0.15, 0.2) is 34.7 Å². The molecule has 1 aliphatic carbocycles. The normalized spacial score (nSPS) is 28.3. The summed E-state index contributed by atoms with van der Waals surface area (Å²) >= 11 is 1.16. The molecule has 0 amide bonds. The minimum atomic E-state index is -4.63. The van der Waals surface area contributed by atoms with E-state index < -0.39 is 27.8 Å². The van der Waals surface area contributed by atoms with Gasteiger partial charge in [0, 0.05) is 25.7 Å². The lowest BCUT2D eigenvalue weighted by atomic mass is 10.0. The van der Waals surface area contributed by atoms with Crippen molar-refractivity contribution in [3.8, 4) is 0 Å². The Morgan fingerprint density at radius 1 is 1.11 bits per heavy atom. The summed E-state index contributed by atoms with van der Waals surface area (Å²) in [6.45, 7) is 2.77. The smallest absolute Gasteiger partial charge is 0.389 e. The van der Waals surface area contributed by atoms with E-state index in [4.69, 9.17) is 0 Å². The van der Waals surface area contributed by atoms with Gasteiger partial charge in [-0.3, -0.25) is 0 Å². The fraction of sp³-hybridized carbons (Fsp3) is 0.500. The van der Waals surface area contributed by atoms with Gasteiger partial charge in [-0.15, -0.1) is 11.3 Å². The second-order valence-corrected chi connectivity index (χ2v) is 12.7. The van der Waals surface area contributed by atoms with E-state index in [0.29, 0.717) is 18.6 Å². The van der Waals surface area contributed by atoms with E-state index in [2.05, 4.69) is 15.0 Å². The van der Waals surface area contributed by atoms with Gasteiger partial charge >= 0.3 is 6.18 Å². The van der Waals surface area contributed by atoms with Crippen molar-refractivity contribution in [2.24, 2.45) is 17.8 Å². The van der Waals surface area contributed by atoms with Crippen molar-refractivity contribution in [3.05, 3.63) is 36.0 Å². The lowest BCUT2D eigenvalue weighted by Gasteiger charge is -2.43. The predicted molar refractivity (Wildman–Crippen MR) is 124 cm³/mol. The zero-order valence-electron chi connectivity index (χ0n) is 18.6. The molecule has 1 saturated carbocycles. The van der Waals surface area contributed by atoms with E-state index in [1.165, 1.54) is 0 Å². The molecule has 1 N–H and O–H groups in total. The Balaban J connectivity index is 1.18. The average Bonchev–Trinajstić information content (AvgIpc) is 3.19. The van der Waals surface area contributed by atoms with E-state index in [1.54, 1.807) is 22.8 Å². The summed E-state index contributed by atoms with van der Waals surface area (Å²) in [5.41, 5.74) is -0.371. The van der Waals surface area contributed by atoms with Crippen LogP contribution in [-0.2, 0) is 16.0 Å². The number of alkyl halides is 3. The molecule has 0 radical (unpaired) electrons. The first kappa shape index (κ1) is 22.9. The Morgan fingerprint density at radius 3 is 2.46 bits per heavy atom. The number of β-amino-alcohol motifs (C(OH)–C–C–N with tert-alkyl or cyclic N) is 1. The van der Waals surface area contributed by atoms with Crippen LogP contribution in [0.4, 0.5) is 24.9 Å². The number of benzene rings is 1. The molecule has 8 nitrogen and oxygen atoms in total. The highest BCUT2D eigenvalue weighted by Crippen LogP contribution is 2.53. The van der Waals surface area contributed by atoms with Crippen molar-refractivity contribution in [3.63, 3.8) is 0 Å². The first-order valence-corrected chi connectivity index (χ1v) is 13.7. The number of halogens is 3. The third-order valence-corrected chi connectivity index (χ3v) is 10.6. The van der Waals surface area contributed by atoms with Gasteiger partial charge in [0.25, 0.3) is 0 Å². The van der Waals surface area contributed by atoms with Gasteiger partial charge in [0.1, 0.15) is 5.82 Å². The van der Waals surface area contributed by atoms with Crippen molar-refractivity contribution >= 4 is 43.2 Å². The quantitative estimate of drug-likeness (QED) is 0.543. The molecule has 35 heavy (non-hydrogen) atoms. The highest BCUT2D eigenvalue weighted by atomic mass is 32.2. The van der Waals surface area contributed by atoms with E-state index in [9.17, 15) is 26.7 Å². The lowest BCUT2D eigenvalue weighted by molar-refractivity contribution is -0.141. The van der Waals surface area contributed by atoms with E-state index in [0.717, 1.165) is 22.1 Å². The number of hydrogen-bond donors (Lipinski definition) is 1. The van der Waals surface area contributed by atoms with Crippen molar-refractivity contribution in [1.82, 2.24) is 15.0 Å². The molecule has 1 aromatic carbocycles. The van der Waals surface area contributed by atoms with Gasteiger partial charge < -0.3 is 14.9 Å². The first-order valence-electron chi connectivity index (χ1n) is 11.3. The maximum atomic E-state index is 13.5. The van der Waals surface area contributed by atoms with Crippen molar-refractivity contribution < 1.29 is 26.7 Å². The van der Waals surface area contributed by atoms with E-state index in [1.807, 2.05) is 18.2 Å². The second kappa shape index (κ2) is 7.74. The van der Waals surface area contributed by atoms with Crippen molar-refractivity contribution in [2.45, 2.75) is 29.6 Å². The van der Waals surface area contributed by atoms with Crippen molar-refractivity contribution in [2.75, 3.05) is 35.2 Å². The number of aliphatic hydroxyl groups excluding tert-OH is 1. The molecule has 3 aromatic rings. The highest BCUT2D eigenvalue weighted by Gasteiger charge is 2.57. The molecule has 186 valence electrons. The number of nitrogens with zero attached hydrogens (tertiary/aromatic N) is 5. The molecule has 0 spiro atoms. The fourth-order valence-electron chi connectivity index (χ4n) is 5.10. The van der Waals surface area contributed by atoms with Crippen LogP contribution in [0.5, 0.6) is 0 Å². The third kappa shape index (κ3) is 3.93. The SMILES string of the molecule is C[C@H]1[C@H](O)CN1c1nc(N2C[C@@H]3C(CS(=O)(=O)c4nc5ccccc5s4)[C@@H]3C2)cc(C(F)(F)F)n1. The van der Waals surface area contributed by atoms with Gasteiger partial charge in [0.05, 0.1) is 28.1 Å². The molecule has 2 aromatic heterocycles. The van der Waals surface area contributed by atoms with Crippen LogP contribution in [0.25, 0.3) is 10.2 Å². The number of aliphatic hydroxyl groups is 1. The Bertz CT molecular complexity index is 1370. The van der Waals surface area contributed by atoms with Crippen LogP contribution in [-0.4, -0.2) is 66.0 Å². The summed E-state index contributed by atoms with van der Waals surface area (Å²) < 4.78 is 67.4. The number of piperidine rings is 1. The lowest BCUT2D eigenvalue weighted by Crippen LogP contribution is -2.59. The standard InChI is InChI=1S/C22H22F3N5O3S2/c1-11-16(31)9-30(11)20-27-18(22(23,24)25)6-19(28-20)29-7-12-13(8-29)14(12)10-35(32,33)21-26-15-4-2-3-5-17(15)34-21/h2-6,11-14,16,31H,7-10H2,1H3/t11-,12-,13+,14?,16+/m0/s1. The van der Waals surface area contributed by atoms with Crippen LogP contribution >= 0.6 is 11.3 Å². The summed E-state index contributed by atoms with van der Waals surface area (Å²) in [6, 6.07) is 7.85. The Morgan fingerprint density at radius 2 is 1.83 bits per heavy atom. The second-order valence-electron chi connectivity index (χ2n) is 9.49. The van der Waals surface area contributed by atoms with E-state index >= 15 is 0 Å². The number of thiazole rings is 1. The predicted octanol–water partition coefficient (Wildman–Crippen LogP) is 2.83. The molecule has 3 aliphatic rings. The largest absolute Gasteiger partial charge is 0.433 e. The molecule has 5 atom stereocenters. The molecule has 13 heteroatoms. The van der Waals surface area contributed by atoms with E-state index in [-0.39, 0.29) is 52.2 Å². The Labute approximate surface area is 203 Å². The van der Waals surface area contributed by atoms with Crippen LogP contribution in [0.3, 0.4) is 0 Å². The van der Waals surface area contributed by atoms with Gasteiger partial charge in [-0.2, -0.15) is 18.2 Å². The number of anilines is 2. The number of fused-ring (bicyclic) bond motifs is 2. The number of aromatic nitrogens is 3. The maximum Gasteiger partial charge on any atom is 0.433 e. The highest BCUT2D eigenvalue weighted by molar-refractivity contribution is 7.93. The summed E-state index contributed by atoms with van der Waals surface area (Å²) in [5, 5.41) is 9.76. The summed E-state index contributed by atoms with van der Waals surface area (Å²) in [5.74, 6) is 0.228. The minimum Gasteiger partial charge on any atom is -0.389 e. The number of hydrogen-bond acceptors (Lipinski definition) is 9. The molecule has 2 saturated heterocycles. The molecule has 0 bridgehead atoms. The van der Waals surface area contributed by atoms with Gasteiger partial charge in [-0.05, 0) is 36.8 Å². The van der Waals surface area contributed by atoms with Gasteiger partial charge in [0.15, 0.2) is 5.69 Å². The topological polar surface area (TPSA) is 99.5 Å². The third-order valence-electron chi connectivity index (χ3n) is 7.33. The first-order chi connectivity index (χ1) is 16.5. The number of rotatable bonds is 5. The number of sulfone groups is 1.